The van der Waals surface area contributed by atoms with Crippen LogP contribution < -0.4 is 4.90 Å². The fourth-order valence-corrected chi connectivity index (χ4v) is 3.76. The van der Waals surface area contributed by atoms with E-state index in [4.69, 9.17) is 0 Å². The van der Waals surface area contributed by atoms with Crippen LogP contribution in [-0.2, 0) is 4.79 Å². The van der Waals surface area contributed by atoms with Crippen LogP contribution in [0.25, 0.3) is 10.4 Å². The van der Waals surface area contributed by atoms with Crippen LogP contribution in [0, 0.1) is 10.8 Å². The lowest BCUT2D eigenvalue weighted by molar-refractivity contribution is -0.126. The molecule has 0 bridgehead atoms. The van der Waals surface area contributed by atoms with Gasteiger partial charge in [-0.25, -0.2) is 0 Å². The van der Waals surface area contributed by atoms with Crippen molar-refractivity contribution < 1.29 is 9.90 Å². The summed E-state index contributed by atoms with van der Waals surface area (Å²) in [7, 11) is 0. The predicted molar refractivity (Wildman–Crippen MR) is 90.8 cm³/mol. The maximum atomic E-state index is 12.9. The molecule has 3 nitrogen and oxygen atoms in total. The molecule has 4 heteroatoms. The minimum atomic E-state index is -0.827. The molecule has 1 unspecified atom stereocenters. The molecule has 1 N–H and O–H groups in total. The zero-order chi connectivity index (χ0) is 16.1. The van der Waals surface area contributed by atoms with Crippen molar-refractivity contribution in [3.63, 3.8) is 0 Å². The van der Waals surface area contributed by atoms with E-state index in [0.29, 0.717) is 0 Å². The molecule has 1 aliphatic heterocycles. The minimum absolute atomic E-state index is 0.0272. The second kappa shape index (κ2) is 4.93. The van der Waals surface area contributed by atoms with Gasteiger partial charge in [-0.1, -0.05) is 58.0 Å². The number of carbonyl (C=O) groups is 1. The summed E-state index contributed by atoms with van der Waals surface area (Å²) in [4.78, 5) is 15.5. The van der Waals surface area contributed by atoms with E-state index >= 15 is 0 Å². The van der Waals surface area contributed by atoms with Crippen LogP contribution in [0.4, 0.5) is 5.69 Å². The van der Waals surface area contributed by atoms with Crippen molar-refractivity contribution in [3.8, 4) is 10.4 Å². The van der Waals surface area contributed by atoms with Gasteiger partial charge in [0.15, 0.2) is 0 Å². The molecule has 22 heavy (non-hydrogen) atoms. The largest absolute Gasteiger partial charge is 0.373 e. The lowest BCUT2D eigenvalue weighted by Crippen LogP contribution is -2.39. The van der Waals surface area contributed by atoms with Crippen LogP contribution in [-0.4, -0.2) is 17.2 Å². The Hall–Kier alpha value is -1.65. The summed E-state index contributed by atoms with van der Waals surface area (Å²) in [6, 6.07) is 11.9. The fraction of sp³-hybridized carbons (Fsp3) is 0.389. The number of aliphatic hydroxyl groups excluding tert-OH is 1. The first-order valence-electron chi connectivity index (χ1n) is 7.43. The van der Waals surface area contributed by atoms with E-state index in [2.05, 4.69) is 0 Å². The normalized spacial score (nSPS) is 23.0. The third-order valence-electron chi connectivity index (χ3n) is 5.19. The SMILES string of the molecule is CC1(C)C(=O)N(c2ccsc2-c2ccccc2)C(O)C1(C)C. The lowest BCUT2D eigenvalue weighted by Gasteiger charge is -2.33. The first kappa shape index (κ1) is 15.3. The Balaban J connectivity index is 2.11. The van der Waals surface area contributed by atoms with Gasteiger partial charge < -0.3 is 5.11 Å². The molecule has 2 aromatic rings. The molecule has 0 saturated carbocycles. The van der Waals surface area contributed by atoms with Crippen LogP contribution in [0.3, 0.4) is 0 Å². The van der Waals surface area contributed by atoms with Crippen molar-refractivity contribution in [1.82, 2.24) is 0 Å². The zero-order valence-electron chi connectivity index (χ0n) is 13.3. The number of carbonyl (C=O) groups excluding carboxylic acids is 1. The van der Waals surface area contributed by atoms with E-state index in [1.807, 2.05) is 69.5 Å². The third-order valence-corrected chi connectivity index (χ3v) is 6.15. The van der Waals surface area contributed by atoms with E-state index in [1.165, 1.54) is 0 Å². The summed E-state index contributed by atoms with van der Waals surface area (Å²) in [5.41, 5.74) is 0.741. The lowest BCUT2D eigenvalue weighted by atomic mass is 9.69. The van der Waals surface area contributed by atoms with E-state index in [9.17, 15) is 9.90 Å². The van der Waals surface area contributed by atoms with Gasteiger partial charge in [-0.2, -0.15) is 0 Å². The number of benzene rings is 1. The number of thiophene rings is 1. The predicted octanol–water partition coefficient (Wildman–Crippen LogP) is 4.13. The molecule has 1 aromatic carbocycles. The van der Waals surface area contributed by atoms with Gasteiger partial charge in [0.25, 0.3) is 0 Å². The highest BCUT2D eigenvalue weighted by molar-refractivity contribution is 7.14. The Labute approximate surface area is 135 Å². The van der Waals surface area contributed by atoms with Crippen LogP contribution in [0.5, 0.6) is 0 Å². The van der Waals surface area contributed by atoms with Crippen LogP contribution in [0.1, 0.15) is 27.7 Å². The molecule has 3 rings (SSSR count). The maximum Gasteiger partial charge on any atom is 0.235 e. The Bertz CT molecular complexity index is 703. The fourth-order valence-electron chi connectivity index (χ4n) is 2.87. The van der Waals surface area contributed by atoms with Crippen LogP contribution in [0.2, 0.25) is 0 Å². The number of anilines is 1. The molecule has 1 saturated heterocycles. The number of aliphatic hydroxyl groups is 1. The molecule has 0 aliphatic carbocycles. The maximum absolute atomic E-state index is 12.9. The van der Waals surface area contributed by atoms with Gasteiger partial charge in [-0.05, 0) is 17.0 Å². The van der Waals surface area contributed by atoms with Crippen molar-refractivity contribution in [2.75, 3.05) is 4.90 Å². The monoisotopic (exact) mass is 315 g/mol. The number of amides is 1. The van der Waals surface area contributed by atoms with Gasteiger partial charge in [-0.15, -0.1) is 11.3 Å². The number of rotatable bonds is 2. The Morgan fingerprint density at radius 1 is 1.09 bits per heavy atom. The molecular weight excluding hydrogens is 294 g/mol. The van der Waals surface area contributed by atoms with E-state index in [0.717, 1.165) is 16.1 Å². The molecule has 1 atom stereocenters. The van der Waals surface area contributed by atoms with Gasteiger partial charge >= 0.3 is 0 Å². The van der Waals surface area contributed by atoms with Crippen molar-refractivity contribution in [1.29, 1.82) is 0 Å². The van der Waals surface area contributed by atoms with Crippen LogP contribution in [0.15, 0.2) is 41.8 Å². The quantitative estimate of drug-likeness (QED) is 0.905. The summed E-state index contributed by atoms with van der Waals surface area (Å²) in [6.45, 7) is 7.72. The topological polar surface area (TPSA) is 40.5 Å². The van der Waals surface area contributed by atoms with Crippen molar-refractivity contribution in [2.45, 2.75) is 33.9 Å². The second-order valence-corrected chi connectivity index (χ2v) is 7.81. The summed E-state index contributed by atoms with van der Waals surface area (Å²) in [5.74, 6) is -0.0272. The minimum Gasteiger partial charge on any atom is -0.373 e. The molecule has 1 amide bonds. The molecule has 1 aliphatic rings. The molecule has 1 aromatic heterocycles. The van der Waals surface area contributed by atoms with E-state index in [1.54, 1.807) is 16.2 Å². The standard InChI is InChI=1S/C18H21NO2S/c1-17(2)15(20)19(16(21)18(17,3)4)13-10-11-22-14(13)12-8-6-5-7-9-12/h5-11,15,20H,1-4H3. The molecule has 0 spiro atoms. The van der Waals surface area contributed by atoms with Crippen molar-refractivity contribution >= 4 is 22.9 Å². The average molecular weight is 315 g/mol. The summed E-state index contributed by atoms with van der Waals surface area (Å²) in [6.07, 6.45) is -0.827. The highest BCUT2D eigenvalue weighted by Crippen LogP contribution is 2.53. The summed E-state index contributed by atoms with van der Waals surface area (Å²) >= 11 is 1.59. The molecule has 1 fully saturated rings. The smallest absolute Gasteiger partial charge is 0.235 e. The third kappa shape index (κ3) is 1.94. The summed E-state index contributed by atoms with van der Waals surface area (Å²) < 4.78 is 0. The summed E-state index contributed by atoms with van der Waals surface area (Å²) in [5, 5.41) is 12.7. The Morgan fingerprint density at radius 3 is 2.27 bits per heavy atom. The average Bonchev–Trinajstić information content (AvgIpc) is 3.00. The van der Waals surface area contributed by atoms with E-state index in [-0.39, 0.29) is 5.91 Å². The van der Waals surface area contributed by atoms with Gasteiger partial charge in [-0.3, -0.25) is 9.69 Å². The first-order valence-corrected chi connectivity index (χ1v) is 8.31. The Kier molecular flexibility index (Phi) is 3.42. The zero-order valence-corrected chi connectivity index (χ0v) is 14.1. The van der Waals surface area contributed by atoms with Gasteiger partial charge in [0, 0.05) is 5.41 Å². The molecule has 116 valence electrons. The van der Waals surface area contributed by atoms with Gasteiger partial charge in [0.1, 0.15) is 6.23 Å². The van der Waals surface area contributed by atoms with Gasteiger partial charge in [0.05, 0.1) is 16.0 Å². The molecule has 2 heterocycles. The molecule has 0 radical (unpaired) electrons. The Morgan fingerprint density at radius 2 is 1.73 bits per heavy atom. The van der Waals surface area contributed by atoms with Gasteiger partial charge in [0.2, 0.25) is 5.91 Å². The number of hydrogen-bond donors (Lipinski definition) is 1. The number of hydrogen-bond acceptors (Lipinski definition) is 3. The van der Waals surface area contributed by atoms with E-state index < -0.39 is 17.1 Å². The van der Waals surface area contributed by atoms with Crippen molar-refractivity contribution in [3.05, 3.63) is 41.8 Å². The second-order valence-electron chi connectivity index (χ2n) is 6.90. The first-order chi connectivity index (χ1) is 10.3. The number of nitrogens with zero attached hydrogens (tertiary/aromatic N) is 1. The van der Waals surface area contributed by atoms with Crippen molar-refractivity contribution in [2.24, 2.45) is 10.8 Å². The van der Waals surface area contributed by atoms with Crippen LogP contribution >= 0.6 is 11.3 Å². The highest BCUT2D eigenvalue weighted by atomic mass is 32.1. The molecular formula is C18H21NO2S. The highest BCUT2D eigenvalue weighted by Gasteiger charge is 2.59.